The summed E-state index contributed by atoms with van der Waals surface area (Å²) in [6.45, 7) is 9.64. The molecular weight excluding hydrogens is 259 g/mol. The number of nitrogens with one attached hydrogen (secondary N) is 1. The zero-order valence-corrected chi connectivity index (χ0v) is 12.8. The van der Waals surface area contributed by atoms with E-state index in [9.17, 15) is 4.39 Å². The number of benzene rings is 1. The molecule has 1 aliphatic rings. The highest BCUT2D eigenvalue weighted by molar-refractivity contribution is 8.13. The van der Waals surface area contributed by atoms with Gasteiger partial charge in [-0.2, -0.15) is 0 Å². The molecule has 0 saturated carbocycles. The van der Waals surface area contributed by atoms with Crippen molar-refractivity contribution >= 4 is 16.9 Å². The number of aryl methyl sites for hydroxylation is 2. The van der Waals surface area contributed by atoms with Gasteiger partial charge in [0, 0.05) is 18.8 Å². The van der Waals surface area contributed by atoms with Crippen molar-refractivity contribution in [3.8, 4) is 0 Å². The van der Waals surface area contributed by atoms with E-state index in [1.54, 1.807) is 25.6 Å². The predicted molar refractivity (Wildman–Crippen MR) is 81.3 cm³/mol. The van der Waals surface area contributed by atoms with E-state index in [1.807, 2.05) is 12.1 Å². The number of aliphatic imine (C=N–C) groups is 1. The third-order valence-electron chi connectivity index (χ3n) is 3.19. The Bertz CT molecular complexity index is 486. The molecule has 0 saturated heterocycles. The lowest BCUT2D eigenvalue weighted by atomic mass is 9.97. The van der Waals surface area contributed by atoms with Crippen LogP contribution < -0.4 is 5.32 Å². The third kappa shape index (κ3) is 3.72. The van der Waals surface area contributed by atoms with Gasteiger partial charge in [0.05, 0.1) is 0 Å². The van der Waals surface area contributed by atoms with Crippen molar-refractivity contribution < 1.29 is 4.39 Å². The number of amidine groups is 1. The molecule has 4 heteroatoms. The van der Waals surface area contributed by atoms with E-state index in [0.717, 1.165) is 23.0 Å². The van der Waals surface area contributed by atoms with Crippen LogP contribution in [0, 0.1) is 25.1 Å². The second kappa shape index (κ2) is 5.53. The molecule has 1 aromatic carbocycles. The summed E-state index contributed by atoms with van der Waals surface area (Å²) >= 11 is 1.77. The lowest BCUT2D eigenvalue weighted by Gasteiger charge is -2.27. The van der Waals surface area contributed by atoms with Gasteiger partial charge in [-0.05, 0) is 36.0 Å². The van der Waals surface area contributed by atoms with E-state index in [-0.39, 0.29) is 5.82 Å². The lowest BCUT2D eigenvalue weighted by molar-refractivity contribution is 0.436. The normalized spacial score (nSPS) is 18.1. The SMILES string of the molecule is Cc1cc(CNC2=NCC(C)(C)CS2)cc(C)c1F. The monoisotopic (exact) mass is 280 g/mol. The van der Waals surface area contributed by atoms with Gasteiger partial charge in [0.2, 0.25) is 0 Å². The van der Waals surface area contributed by atoms with Gasteiger partial charge in [-0.15, -0.1) is 0 Å². The summed E-state index contributed by atoms with van der Waals surface area (Å²) in [6, 6.07) is 3.79. The molecule has 0 spiro atoms. The Kier molecular flexibility index (Phi) is 4.19. The van der Waals surface area contributed by atoms with E-state index in [0.29, 0.717) is 23.1 Å². The van der Waals surface area contributed by atoms with E-state index in [2.05, 4.69) is 24.2 Å². The van der Waals surface area contributed by atoms with Crippen molar-refractivity contribution in [2.75, 3.05) is 12.3 Å². The molecule has 1 heterocycles. The van der Waals surface area contributed by atoms with Gasteiger partial charge in [-0.25, -0.2) is 4.39 Å². The van der Waals surface area contributed by atoms with Crippen molar-refractivity contribution in [1.82, 2.24) is 5.32 Å². The summed E-state index contributed by atoms with van der Waals surface area (Å²) in [5.41, 5.74) is 2.80. The van der Waals surface area contributed by atoms with Gasteiger partial charge < -0.3 is 5.32 Å². The zero-order chi connectivity index (χ0) is 14.0. The summed E-state index contributed by atoms with van der Waals surface area (Å²) in [6.07, 6.45) is 0. The number of rotatable bonds is 2. The van der Waals surface area contributed by atoms with E-state index < -0.39 is 0 Å². The van der Waals surface area contributed by atoms with Crippen LogP contribution in [0.4, 0.5) is 4.39 Å². The molecule has 0 fully saturated rings. The maximum Gasteiger partial charge on any atom is 0.156 e. The molecule has 0 aliphatic carbocycles. The average Bonchev–Trinajstić information content (AvgIpc) is 2.34. The van der Waals surface area contributed by atoms with Crippen molar-refractivity contribution in [3.63, 3.8) is 0 Å². The number of hydrogen-bond donors (Lipinski definition) is 1. The van der Waals surface area contributed by atoms with Gasteiger partial charge in [-0.1, -0.05) is 37.7 Å². The average molecular weight is 280 g/mol. The number of nitrogens with zero attached hydrogens (tertiary/aromatic N) is 1. The third-order valence-corrected chi connectivity index (χ3v) is 4.66. The smallest absolute Gasteiger partial charge is 0.156 e. The second-order valence-corrected chi connectivity index (χ2v) is 6.94. The summed E-state index contributed by atoms with van der Waals surface area (Å²) in [5.74, 6) is 0.982. The van der Waals surface area contributed by atoms with E-state index >= 15 is 0 Å². The molecule has 104 valence electrons. The Balaban J connectivity index is 1.98. The molecule has 2 rings (SSSR count). The van der Waals surface area contributed by atoms with E-state index in [1.165, 1.54) is 0 Å². The molecular formula is C15H21FN2S. The Hall–Kier alpha value is -1.03. The lowest BCUT2D eigenvalue weighted by Crippen LogP contribution is -2.31. The maximum absolute atomic E-state index is 13.5. The van der Waals surface area contributed by atoms with Crippen LogP contribution in [0.15, 0.2) is 17.1 Å². The molecule has 0 unspecified atom stereocenters. The quantitative estimate of drug-likeness (QED) is 0.894. The fourth-order valence-electron chi connectivity index (χ4n) is 2.06. The van der Waals surface area contributed by atoms with Crippen LogP contribution >= 0.6 is 11.8 Å². The summed E-state index contributed by atoms with van der Waals surface area (Å²) < 4.78 is 13.5. The van der Waals surface area contributed by atoms with Crippen LogP contribution in [-0.4, -0.2) is 17.5 Å². The molecule has 19 heavy (non-hydrogen) atoms. The topological polar surface area (TPSA) is 24.4 Å². The van der Waals surface area contributed by atoms with Crippen LogP contribution in [0.2, 0.25) is 0 Å². The summed E-state index contributed by atoms with van der Waals surface area (Å²) in [4.78, 5) is 4.55. The van der Waals surface area contributed by atoms with Gasteiger partial charge in [0.15, 0.2) is 5.17 Å². The Morgan fingerprint density at radius 1 is 1.32 bits per heavy atom. The summed E-state index contributed by atoms with van der Waals surface area (Å²) in [5, 5.41) is 4.34. The number of hydrogen-bond acceptors (Lipinski definition) is 3. The zero-order valence-electron chi connectivity index (χ0n) is 12.0. The fraction of sp³-hybridized carbons (Fsp3) is 0.533. The first-order chi connectivity index (χ1) is 8.87. The molecule has 1 aliphatic heterocycles. The molecule has 0 radical (unpaired) electrons. The van der Waals surface area contributed by atoms with Crippen LogP contribution in [0.1, 0.15) is 30.5 Å². The predicted octanol–water partition coefficient (Wildman–Crippen LogP) is 3.66. The fourth-order valence-corrected chi connectivity index (χ4v) is 3.01. The van der Waals surface area contributed by atoms with Crippen LogP contribution in [0.25, 0.3) is 0 Å². The molecule has 2 nitrogen and oxygen atoms in total. The van der Waals surface area contributed by atoms with Crippen molar-refractivity contribution in [3.05, 3.63) is 34.6 Å². The Labute approximate surface area is 118 Å². The molecule has 0 bridgehead atoms. The number of thioether (sulfide) groups is 1. The van der Waals surface area contributed by atoms with Crippen molar-refractivity contribution in [1.29, 1.82) is 0 Å². The maximum atomic E-state index is 13.5. The Morgan fingerprint density at radius 2 is 1.95 bits per heavy atom. The molecule has 0 atom stereocenters. The first kappa shape index (κ1) is 14.4. The highest BCUT2D eigenvalue weighted by atomic mass is 32.2. The molecule has 1 N–H and O–H groups in total. The summed E-state index contributed by atoms with van der Waals surface area (Å²) in [7, 11) is 0. The first-order valence-corrected chi connectivity index (χ1v) is 7.53. The highest BCUT2D eigenvalue weighted by Crippen LogP contribution is 2.27. The van der Waals surface area contributed by atoms with E-state index in [4.69, 9.17) is 0 Å². The second-order valence-electron chi connectivity index (χ2n) is 5.97. The molecule has 0 amide bonds. The van der Waals surface area contributed by atoms with Gasteiger partial charge in [0.25, 0.3) is 0 Å². The standard InChI is InChI=1S/C15H21FN2S/c1-10-5-12(6-11(2)13(10)16)7-17-14-18-8-15(3,4)9-19-14/h5-6H,7-9H2,1-4H3,(H,17,18). The minimum absolute atomic E-state index is 0.102. The van der Waals surface area contributed by atoms with Gasteiger partial charge in [0.1, 0.15) is 5.82 Å². The largest absolute Gasteiger partial charge is 0.361 e. The van der Waals surface area contributed by atoms with Gasteiger partial charge >= 0.3 is 0 Å². The van der Waals surface area contributed by atoms with Crippen LogP contribution in [-0.2, 0) is 6.54 Å². The Morgan fingerprint density at radius 3 is 2.47 bits per heavy atom. The molecule has 1 aromatic rings. The van der Waals surface area contributed by atoms with Crippen molar-refractivity contribution in [2.24, 2.45) is 10.4 Å². The highest BCUT2D eigenvalue weighted by Gasteiger charge is 2.23. The van der Waals surface area contributed by atoms with Crippen molar-refractivity contribution in [2.45, 2.75) is 34.2 Å². The minimum Gasteiger partial charge on any atom is -0.361 e. The first-order valence-electron chi connectivity index (χ1n) is 6.54. The van der Waals surface area contributed by atoms with Crippen LogP contribution in [0.3, 0.4) is 0 Å². The molecule has 0 aromatic heterocycles. The number of halogens is 1. The van der Waals surface area contributed by atoms with Gasteiger partial charge in [-0.3, -0.25) is 4.99 Å². The minimum atomic E-state index is -0.102. The van der Waals surface area contributed by atoms with Crippen LogP contribution in [0.5, 0.6) is 0 Å².